The molecule has 0 aromatic heterocycles. The molecule has 0 aromatic rings. The van der Waals surface area contributed by atoms with E-state index in [1.54, 1.807) is 6.21 Å². The Morgan fingerprint density at radius 1 is 1.43 bits per heavy atom. The molecule has 1 rings (SSSR count). The number of aliphatic carboxylic acids is 2. The predicted molar refractivity (Wildman–Crippen MR) is 53.5 cm³/mol. The van der Waals surface area contributed by atoms with Gasteiger partial charge >= 0.3 is 11.9 Å². The second-order valence-corrected chi connectivity index (χ2v) is 2.39. The van der Waals surface area contributed by atoms with Crippen molar-refractivity contribution in [1.29, 1.82) is 0 Å². The van der Waals surface area contributed by atoms with E-state index in [0.717, 1.165) is 6.54 Å². The molecule has 0 saturated heterocycles. The van der Waals surface area contributed by atoms with Crippen molar-refractivity contribution in [3.8, 4) is 0 Å². The molecule has 14 heavy (non-hydrogen) atoms. The molecule has 7 heteroatoms. The molecule has 0 spiro atoms. The van der Waals surface area contributed by atoms with Crippen LogP contribution < -0.4 is 5.32 Å². The minimum atomic E-state index is -1.26. The Morgan fingerprint density at radius 3 is 2.07 bits per heavy atom. The fourth-order valence-corrected chi connectivity index (χ4v) is 0.608. The largest absolute Gasteiger partial charge is 0.478 e. The molecule has 0 fully saturated rings. The third-order valence-corrected chi connectivity index (χ3v) is 1.17. The second kappa shape index (κ2) is 6.72. The molecule has 0 radical (unpaired) electrons. The molecular weight excluding hydrogens is 208 g/mol. The first kappa shape index (κ1) is 12.2. The Bertz CT molecular complexity index is 282. The van der Waals surface area contributed by atoms with Crippen molar-refractivity contribution in [3.63, 3.8) is 0 Å². The number of thiocarbonyl (C=S) groups is 1. The molecule has 0 saturated carbocycles. The Balaban J connectivity index is 0.000000249. The van der Waals surface area contributed by atoms with Gasteiger partial charge < -0.3 is 15.5 Å². The lowest BCUT2D eigenvalue weighted by atomic mass is 10.5. The zero-order valence-electron chi connectivity index (χ0n) is 7.01. The van der Waals surface area contributed by atoms with E-state index in [1.165, 1.54) is 0 Å². The monoisotopic (exact) mass is 216 g/mol. The molecule has 1 heterocycles. The summed E-state index contributed by atoms with van der Waals surface area (Å²) in [6.45, 7) is 0.804. The lowest BCUT2D eigenvalue weighted by Gasteiger charge is -1.82. The van der Waals surface area contributed by atoms with Gasteiger partial charge in [0.2, 0.25) is 0 Å². The van der Waals surface area contributed by atoms with Crippen LogP contribution in [-0.4, -0.2) is 40.0 Å². The maximum Gasteiger partial charge on any atom is 0.328 e. The number of hydrogen-bond acceptors (Lipinski definition) is 3. The van der Waals surface area contributed by atoms with Crippen LogP contribution in [-0.2, 0) is 9.59 Å². The average molecular weight is 216 g/mol. The first-order valence-electron chi connectivity index (χ1n) is 3.46. The zero-order valence-corrected chi connectivity index (χ0v) is 7.82. The third kappa shape index (κ3) is 8.34. The van der Waals surface area contributed by atoms with E-state index < -0.39 is 11.9 Å². The molecule has 0 aromatic carbocycles. The number of aliphatic imine (C=N–C) groups is 1. The molecular formula is C7H8N2O4S. The van der Waals surface area contributed by atoms with Crippen molar-refractivity contribution in [1.82, 2.24) is 5.32 Å². The SMILES string of the molecule is O=C(O)/C=C\C(=O)O.S=C1N=CCN1. The van der Waals surface area contributed by atoms with Crippen molar-refractivity contribution in [2.75, 3.05) is 6.54 Å². The highest BCUT2D eigenvalue weighted by Gasteiger charge is 1.92. The van der Waals surface area contributed by atoms with Gasteiger partial charge in [0, 0.05) is 18.4 Å². The van der Waals surface area contributed by atoms with Crippen molar-refractivity contribution in [3.05, 3.63) is 12.2 Å². The normalized spacial score (nSPS) is 13.3. The number of nitrogens with one attached hydrogen (secondary N) is 1. The third-order valence-electron chi connectivity index (χ3n) is 0.922. The highest BCUT2D eigenvalue weighted by atomic mass is 32.1. The molecule has 0 unspecified atom stereocenters. The lowest BCUT2D eigenvalue weighted by Crippen LogP contribution is -2.12. The molecule has 1 aliphatic rings. The number of nitrogens with zero attached hydrogens (tertiary/aromatic N) is 1. The molecule has 76 valence electrons. The predicted octanol–water partition coefficient (Wildman–Crippen LogP) is -0.343. The van der Waals surface area contributed by atoms with Gasteiger partial charge in [-0.25, -0.2) is 14.6 Å². The summed E-state index contributed by atoms with van der Waals surface area (Å²) in [6.07, 6.45) is 2.87. The van der Waals surface area contributed by atoms with Crippen LogP contribution >= 0.6 is 12.2 Å². The van der Waals surface area contributed by atoms with Crippen LogP contribution in [0.5, 0.6) is 0 Å². The number of carbonyl (C=O) groups is 2. The number of rotatable bonds is 2. The summed E-state index contributed by atoms with van der Waals surface area (Å²) in [5.74, 6) is -2.51. The minimum absolute atomic E-state index is 0.558. The fourth-order valence-electron chi connectivity index (χ4n) is 0.450. The molecule has 3 N–H and O–H groups in total. The summed E-state index contributed by atoms with van der Waals surface area (Å²) in [7, 11) is 0. The molecule has 1 aliphatic heterocycles. The first-order chi connectivity index (χ1) is 6.52. The van der Waals surface area contributed by atoms with E-state index in [4.69, 9.17) is 10.2 Å². The van der Waals surface area contributed by atoms with E-state index in [-0.39, 0.29) is 0 Å². The summed E-state index contributed by atoms with van der Waals surface area (Å²) in [6, 6.07) is 0. The topological polar surface area (TPSA) is 99.0 Å². The van der Waals surface area contributed by atoms with Crippen LogP contribution in [0.2, 0.25) is 0 Å². The van der Waals surface area contributed by atoms with Gasteiger partial charge in [-0.1, -0.05) is 0 Å². The summed E-state index contributed by atoms with van der Waals surface area (Å²) < 4.78 is 0. The van der Waals surface area contributed by atoms with E-state index in [2.05, 4.69) is 22.5 Å². The summed E-state index contributed by atoms with van der Waals surface area (Å²) in [5, 5.41) is 19.1. The van der Waals surface area contributed by atoms with Crippen LogP contribution in [0.15, 0.2) is 17.1 Å². The van der Waals surface area contributed by atoms with Crippen molar-refractivity contribution in [2.24, 2.45) is 4.99 Å². The van der Waals surface area contributed by atoms with Crippen LogP contribution in [0.4, 0.5) is 0 Å². The Hall–Kier alpha value is -1.76. The number of carboxylic acid groups (broad SMARTS) is 2. The van der Waals surface area contributed by atoms with Crippen molar-refractivity contribution < 1.29 is 19.8 Å². The number of carboxylic acids is 2. The van der Waals surface area contributed by atoms with E-state index in [1.807, 2.05) is 0 Å². The Morgan fingerprint density at radius 2 is 1.93 bits per heavy atom. The fraction of sp³-hybridized carbons (Fsp3) is 0.143. The average Bonchev–Trinajstić information content (AvgIpc) is 2.53. The quantitative estimate of drug-likeness (QED) is 0.431. The summed E-state index contributed by atoms with van der Waals surface area (Å²) in [4.78, 5) is 22.8. The molecule has 0 bridgehead atoms. The molecule has 0 amide bonds. The van der Waals surface area contributed by atoms with Gasteiger partial charge in [0.05, 0.1) is 6.54 Å². The van der Waals surface area contributed by atoms with Crippen LogP contribution in [0, 0.1) is 0 Å². The molecule has 0 aliphatic carbocycles. The van der Waals surface area contributed by atoms with Crippen LogP contribution in [0.1, 0.15) is 0 Å². The smallest absolute Gasteiger partial charge is 0.328 e. The first-order valence-corrected chi connectivity index (χ1v) is 3.87. The van der Waals surface area contributed by atoms with Gasteiger partial charge in [0.25, 0.3) is 0 Å². The van der Waals surface area contributed by atoms with E-state index in [9.17, 15) is 9.59 Å². The van der Waals surface area contributed by atoms with Gasteiger partial charge in [0.15, 0.2) is 5.11 Å². The Labute approximate surface area is 85.0 Å². The van der Waals surface area contributed by atoms with Gasteiger partial charge in [-0.3, -0.25) is 0 Å². The molecule has 6 nitrogen and oxygen atoms in total. The standard InChI is InChI=1S/C4H4O4.C3H4N2S/c5-3(6)1-2-4(7)8;6-3-4-1-2-5-3/h1-2H,(H,5,6)(H,7,8);1H,2H2,(H,5,6)/b2-1-;. The maximum absolute atomic E-state index is 9.55. The van der Waals surface area contributed by atoms with Crippen molar-refractivity contribution in [2.45, 2.75) is 0 Å². The molecule has 0 atom stereocenters. The summed E-state index contributed by atoms with van der Waals surface area (Å²) >= 11 is 4.61. The van der Waals surface area contributed by atoms with Gasteiger partial charge in [-0.2, -0.15) is 0 Å². The lowest BCUT2D eigenvalue weighted by molar-refractivity contribution is -0.134. The van der Waals surface area contributed by atoms with E-state index >= 15 is 0 Å². The van der Waals surface area contributed by atoms with E-state index in [0.29, 0.717) is 17.3 Å². The van der Waals surface area contributed by atoms with Crippen molar-refractivity contribution >= 4 is 35.5 Å². The summed E-state index contributed by atoms with van der Waals surface area (Å²) in [5.41, 5.74) is 0. The van der Waals surface area contributed by atoms with Crippen LogP contribution in [0.25, 0.3) is 0 Å². The van der Waals surface area contributed by atoms with Crippen LogP contribution in [0.3, 0.4) is 0 Å². The highest BCUT2D eigenvalue weighted by Crippen LogP contribution is 1.77. The minimum Gasteiger partial charge on any atom is -0.478 e. The van der Waals surface area contributed by atoms with Gasteiger partial charge in [-0.15, -0.1) is 0 Å². The van der Waals surface area contributed by atoms with Gasteiger partial charge in [0.1, 0.15) is 0 Å². The Kier molecular flexibility index (Phi) is 5.88. The highest BCUT2D eigenvalue weighted by molar-refractivity contribution is 7.80. The maximum atomic E-state index is 9.55. The zero-order chi connectivity index (χ0) is 11.0. The second-order valence-electron chi connectivity index (χ2n) is 2.01. The number of hydrogen-bond donors (Lipinski definition) is 3. The van der Waals surface area contributed by atoms with Gasteiger partial charge in [-0.05, 0) is 12.2 Å².